The van der Waals surface area contributed by atoms with Crippen LogP contribution in [0.4, 0.5) is 17.2 Å². The van der Waals surface area contributed by atoms with Crippen molar-refractivity contribution >= 4 is 39.3 Å². The zero-order valence-electron chi connectivity index (χ0n) is 16.9. The Balaban J connectivity index is 1.82. The van der Waals surface area contributed by atoms with Crippen LogP contribution < -0.4 is 9.80 Å². The van der Waals surface area contributed by atoms with Crippen molar-refractivity contribution in [3.8, 4) is 0 Å². The maximum Gasteiger partial charge on any atom is 0.227 e. The van der Waals surface area contributed by atoms with Crippen LogP contribution in [0.5, 0.6) is 0 Å². The highest BCUT2D eigenvalue weighted by molar-refractivity contribution is 6.09. The Morgan fingerprint density at radius 2 is 1.92 bits per heavy atom. The van der Waals surface area contributed by atoms with Crippen LogP contribution in [-0.4, -0.2) is 23.1 Å². The highest BCUT2D eigenvalue weighted by Gasteiger charge is 2.35. The number of furan rings is 1. The smallest absolute Gasteiger partial charge is 0.227 e. The molecule has 1 aliphatic heterocycles. The van der Waals surface area contributed by atoms with Crippen LogP contribution in [0.25, 0.3) is 22.1 Å². The molecule has 0 bridgehead atoms. The number of anilines is 3. The predicted octanol–water partition coefficient (Wildman–Crippen LogP) is 4.62. The van der Waals surface area contributed by atoms with E-state index in [0.717, 1.165) is 27.7 Å². The van der Waals surface area contributed by atoms with Crippen molar-refractivity contribution in [2.45, 2.75) is 20.0 Å². The topological polar surface area (TPSA) is 45.4 Å². The molecule has 1 aromatic carbocycles. The molecule has 124 valence electrons. The molecule has 3 aromatic heterocycles. The SMILES string of the molecule is [2H]C([2H])([2H])N1c2ncccc2N(c2c(C)ccc3c2oc2ncccc23)[C@H]1C. The van der Waals surface area contributed by atoms with Crippen molar-refractivity contribution in [3.05, 3.63) is 54.4 Å². The minimum absolute atomic E-state index is 0.445. The average molecular weight is 333 g/mol. The largest absolute Gasteiger partial charge is 0.435 e. The maximum atomic E-state index is 8.01. The highest BCUT2D eigenvalue weighted by atomic mass is 16.3. The minimum atomic E-state index is -2.31. The number of fused-ring (bicyclic) bond motifs is 4. The standard InChI is InChI=1S/C20H18N4O/c1-12-8-9-14-15-6-4-11-22-20(15)25-18(14)17(12)24-13(2)23(3)19-16(24)7-5-10-21-19/h4-11,13H,1-3H3/t13-/m0/s1/i3D3. The van der Waals surface area contributed by atoms with Crippen molar-refractivity contribution in [2.75, 3.05) is 16.8 Å². The van der Waals surface area contributed by atoms with Crippen LogP contribution in [0, 0.1) is 6.92 Å². The average Bonchev–Trinajstić information content (AvgIpc) is 3.16. The fourth-order valence-corrected chi connectivity index (χ4v) is 3.62. The van der Waals surface area contributed by atoms with E-state index in [1.165, 1.54) is 4.90 Å². The lowest BCUT2D eigenvalue weighted by Gasteiger charge is -2.28. The molecule has 0 radical (unpaired) electrons. The molecule has 4 heterocycles. The summed E-state index contributed by atoms with van der Waals surface area (Å²) >= 11 is 0. The van der Waals surface area contributed by atoms with Crippen LogP contribution in [0.2, 0.25) is 0 Å². The Labute approximate surface area is 149 Å². The molecule has 1 atom stereocenters. The van der Waals surface area contributed by atoms with Gasteiger partial charge in [-0.1, -0.05) is 12.1 Å². The number of benzene rings is 1. The van der Waals surface area contributed by atoms with Gasteiger partial charge in [0, 0.05) is 34.3 Å². The van der Waals surface area contributed by atoms with Crippen LogP contribution in [0.1, 0.15) is 16.6 Å². The van der Waals surface area contributed by atoms with Gasteiger partial charge in [0.1, 0.15) is 6.17 Å². The zero-order chi connectivity index (χ0) is 19.6. The van der Waals surface area contributed by atoms with Gasteiger partial charge in [-0.15, -0.1) is 0 Å². The van der Waals surface area contributed by atoms with Gasteiger partial charge in [0.05, 0.1) is 11.4 Å². The van der Waals surface area contributed by atoms with Crippen molar-refractivity contribution in [1.29, 1.82) is 0 Å². The molecule has 0 spiro atoms. The molecular formula is C20H18N4O. The Morgan fingerprint density at radius 3 is 2.80 bits per heavy atom. The molecule has 5 rings (SSSR count). The van der Waals surface area contributed by atoms with Gasteiger partial charge < -0.3 is 14.2 Å². The second-order valence-corrected chi connectivity index (χ2v) is 6.28. The van der Waals surface area contributed by atoms with E-state index >= 15 is 0 Å². The lowest BCUT2D eigenvalue weighted by atomic mass is 10.1. The number of nitrogens with zero attached hydrogens (tertiary/aromatic N) is 4. The molecule has 4 aromatic rings. The fourth-order valence-electron chi connectivity index (χ4n) is 3.62. The number of aryl methyl sites for hydroxylation is 1. The highest BCUT2D eigenvalue weighted by Crippen LogP contribution is 2.46. The van der Waals surface area contributed by atoms with Gasteiger partial charge in [-0.2, -0.15) is 0 Å². The molecule has 5 heteroatoms. The molecule has 0 N–H and O–H groups in total. The third kappa shape index (κ3) is 1.83. The first-order chi connectivity index (χ1) is 13.4. The van der Waals surface area contributed by atoms with Gasteiger partial charge in [-0.25, -0.2) is 9.97 Å². The van der Waals surface area contributed by atoms with E-state index in [0.29, 0.717) is 17.1 Å². The Morgan fingerprint density at radius 1 is 1.08 bits per heavy atom. The third-order valence-corrected chi connectivity index (χ3v) is 4.84. The van der Waals surface area contributed by atoms with Crippen LogP contribution in [0.3, 0.4) is 0 Å². The number of rotatable bonds is 1. The zero-order valence-corrected chi connectivity index (χ0v) is 13.9. The van der Waals surface area contributed by atoms with Crippen LogP contribution >= 0.6 is 0 Å². The van der Waals surface area contributed by atoms with E-state index in [2.05, 4.69) is 9.97 Å². The Bertz CT molecular complexity index is 1220. The summed E-state index contributed by atoms with van der Waals surface area (Å²) < 4.78 is 30.1. The summed E-state index contributed by atoms with van der Waals surface area (Å²) in [7, 11) is 0. The first-order valence-corrected chi connectivity index (χ1v) is 8.18. The molecule has 0 saturated carbocycles. The molecule has 5 nitrogen and oxygen atoms in total. The first kappa shape index (κ1) is 11.5. The monoisotopic (exact) mass is 333 g/mol. The Hall–Kier alpha value is -3.08. The van der Waals surface area contributed by atoms with E-state index in [-0.39, 0.29) is 0 Å². The Kier molecular flexibility index (Phi) is 2.27. The van der Waals surface area contributed by atoms with Crippen molar-refractivity contribution in [1.82, 2.24) is 9.97 Å². The number of pyridine rings is 2. The second-order valence-electron chi connectivity index (χ2n) is 6.28. The van der Waals surface area contributed by atoms with Gasteiger partial charge in [0.15, 0.2) is 11.4 Å². The number of aromatic nitrogens is 2. The lowest BCUT2D eigenvalue weighted by Crippen LogP contribution is -2.36. The number of hydrogen-bond acceptors (Lipinski definition) is 5. The number of hydrogen-bond donors (Lipinski definition) is 0. The lowest BCUT2D eigenvalue weighted by molar-refractivity contribution is 0.648. The van der Waals surface area contributed by atoms with Crippen molar-refractivity contribution in [3.63, 3.8) is 0 Å². The van der Waals surface area contributed by atoms with E-state index in [1.807, 2.05) is 55.1 Å². The maximum absolute atomic E-state index is 8.01. The summed E-state index contributed by atoms with van der Waals surface area (Å²) in [6.45, 7) is 1.55. The van der Waals surface area contributed by atoms with Gasteiger partial charge in [0.2, 0.25) is 5.71 Å². The van der Waals surface area contributed by atoms with Crippen molar-refractivity contribution < 1.29 is 8.53 Å². The van der Waals surface area contributed by atoms with E-state index in [1.54, 1.807) is 12.4 Å². The second kappa shape index (κ2) is 4.96. The van der Waals surface area contributed by atoms with E-state index < -0.39 is 13.1 Å². The molecule has 0 fully saturated rings. The summed E-state index contributed by atoms with van der Waals surface area (Å²) in [4.78, 5) is 12.1. The van der Waals surface area contributed by atoms with Crippen molar-refractivity contribution in [2.24, 2.45) is 0 Å². The van der Waals surface area contributed by atoms with Gasteiger partial charge in [-0.3, -0.25) is 0 Å². The predicted molar refractivity (Wildman–Crippen MR) is 100 cm³/mol. The van der Waals surface area contributed by atoms with Crippen LogP contribution in [0.15, 0.2) is 53.2 Å². The van der Waals surface area contributed by atoms with E-state index in [9.17, 15) is 0 Å². The summed E-state index contributed by atoms with van der Waals surface area (Å²) in [5.41, 5.74) is 3.83. The summed E-state index contributed by atoms with van der Waals surface area (Å²) in [6, 6.07) is 11.6. The van der Waals surface area contributed by atoms with Gasteiger partial charge >= 0.3 is 0 Å². The summed E-state index contributed by atoms with van der Waals surface area (Å²) in [5, 5.41) is 1.89. The minimum Gasteiger partial charge on any atom is -0.435 e. The van der Waals surface area contributed by atoms with Crippen LogP contribution in [-0.2, 0) is 0 Å². The summed E-state index contributed by atoms with van der Waals surface area (Å²) in [6.07, 6.45) is 2.86. The first-order valence-electron chi connectivity index (χ1n) is 9.68. The normalized spacial score (nSPS) is 19.1. The molecule has 0 unspecified atom stereocenters. The third-order valence-electron chi connectivity index (χ3n) is 4.84. The molecule has 25 heavy (non-hydrogen) atoms. The van der Waals surface area contributed by atoms with Gasteiger partial charge in [-0.05, 0) is 43.7 Å². The molecule has 0 amide bonds. The summed E-state index contributed by atoms with van der Waals surface area (Å²) in [5.74, 6) is 0.445. The molecule has 0 aliphatic carbocycles. The fraction of sp³-hybridized carbons (Fsp3) is 0.200. The van der Waals surface area contributed by atoms with E-state index in [4.69, 9.17) is 8.53 Å². The molecule has 0 saturated heterocycles. The van der Waals surface area contributed by atoms with Gasteiger partial charge in [0.25, 0.3) is 0 Å². The molecular weight excluding hydrogens is 312 g/mol. The quantitative estimate of drug-likeness (QED) is 0.509. The molecule has 1 aliphatic rings.